The average Bonchev–Trinajstić information content (AvgIpc) is 3.05. The van der Waals surface area contributed by atoms with Gasteiger partial charge < -0.3 is 29.4 Å². The number of benzene rings is 1. The average molecular weight is 497 g/mol. The number of nitrogens with one attached hydrogen (secondary N) is 2. The molecule has 1 fully saturated rings. The van der Waals surface area contributed by atoms with Crippen LogP contribution in [-0.4, -0.2) is 67.4 Å². The zero-order valence-electron chi connectivity index (χ0n) is 21.9. The molecular weight excluding hydrogens is 461 g/mol. The van der Waals surface area contributed by atoms with Crippen molar-refractivity contribution in [3.8, 4) is 5.75 Å². The molecule has 1 saturated heterocycles. The maximum Gasteiger partial charge on any atom is 0.481 e. The van der Waals surface area contributed by atoms with Crippen molar-refractivity contribution in [1.82, 2.24) is 15.6 Å². The van der Waals surface area contributed by atoms with Gasteiger partial charge in [-0.3, -0.25) is 14.6 Å². The van der Waals surface area contributed by atoms with Crippen LogP contribution in [0.1, 0.15) is 50.2 Å². The van der Waals surface area contributed by atoms with Gasteiger partial charge in [-0.2, -0.15) is 0 Å². The molecule has 36 heavy (non-hydrogen) atoms. The van der Waals surface area contributed by atoms with Crippen molar-refractivity contribution < 1.29 is 28.4 Å². The van der Waals surface area contributed by atoms with E-state index in [1.165, 1.54) is 7.11 Å². The maximum absolute atomic E-state index is 13.3. The van der Waals surface area contributed by atoms with E-state index >= 15 is 0 Å². The van der Waals surface area contributed by atoms with Crippen molar-refractivity contribution in [2.75, 3.05) is 20.3 Å². The Morgan fingerprint density at radius 2 is 1.69 bits per heavy atom. The van der Waals surface area contributed by atoms with E-state index in [2.05, 4.69) is 15.6 Å². The summed E-state index contributed by atoms with van der Waals surface area (Å²) in [6.07, 6.45) is 2.03. The van der Waals surface area contributed by atoms with Crippen LogP contribution in [0.2, 0.25) is 0 Å². The molecule has 10 heteroatoms. The van der Waals surface area contributed by atoms with E-state index in [1.54, 1.807) is 25.3 Å². The Morgan fingerprint density at radius 1 is 1.03 bits per heavy atom. The van der Waals surface area contributed by atoms with Crippen molar-refractivity contribution in [3.05, 3.63) is 59.9 Å². The van der Waals surface area contributed by atoms with E-state index in [9.17, 15) is 9.59 Å². The SMILES string of the molecule is COC[C@@H](NC(=O)c1cccnc1C)C(=O)N[C@@H](CCOc1ccccc1)B1OC(C)(C)C(C)(C)O1. The predicted octanol–water partition coefficient (Wildman–Crippen LogP) is 2.72. The van der Waals surface area contributed by atoms with Gasteiger partial charge in [0.25, 0.3) is 5.91 Å². The molecule has 9 nitrogen and oxygen atoms in total. The zero-order valence-corrected chi connectivity index (χ0v) is 21.9. The Kier molecular flexibility index (Phi) is 9.11. The van der Waals surface area contributed by atoms with Gasteiger partial charge in [-0.25, -0.2) is 0 Å². The van der Waals surface area contributed by atoms with Gasteiger partial charge in [0.2, 0.25) is 5.91 Å². The standard InChI is InChI=1S/C26H36BN3O6/c1-18-20(13-10-15-28-18)23(31)29-21(17-33-6)24(32)30-22(14-16-34-19-11-8-7-9-12-19)27-35-25(2,3)26(4,5)36-27/h7-13,15,21-22H,14,16-17H2,1-6H3,(H,29,31)(H,30,32)/t21-,22+/m1/s1. The molecule has 0 bridgehead atoms. The lowest BCUT2D eigenvalue weighted by molar-refractivity contribution is -0.124. The van der Waals surface area contributed by atoms with Crippen LogP contribution >= 0.6 is 0 Å². The quantitative estimate of drug-likeness (QED) is 0.460. The van der Waals surface area contributed by atoms with Crippen LogP contribution in [0.15, 0.2) is 48.7 Å². The van der Waals surface area contributed by atoms with Gasteiger partial charge in [0.05, 0.1) is 35.9 Å². The Morgan fingerprint density at radius 3 is 2.31 bits per heavy atom. The van der Waals surface area contributed by atoms with Crippen molar-refractivity contribution >= 4 is 18.9 Å². The molecule has 2 N–H and O–H groups in total. The van der Waals surface area contributed by atoms with Crippen LogP contribution in [-0.2, 0) is 18.8 Å². The number of nitrogens with zero attached hydrogens (tertiary/aromatic N) is 1. The number of para-hydroxylation sites is 1. The summed E-state index contributed by atoms with van der Waals surface area (Å²) in [5, 5.41) is 5.75. The molecule has 0 radical (unpaired) electrons. The Bertz CT molecular complexity index is 1020. The van der Waals surface area contributed by atoms with Gasteiger partial charge in [0.15, 0.2) is 0 Å². The van der Waals surface area contributed by atoms with Gasteiger partial charge >= 0.3 is 7.12 Å². The molecule has 2 heterocycles. The highest BCUT2D eigenvalue weighted by Gasteiger charge is 2.54. The third-order valence-corrected chi connectivity index (χ3v) is 6.58. The Balaban J connectivity index is 1.72. The molecule has 0 spiro atoms. The highest BCUT2D eigenvalue weighted by molar-refractivity contribution is 6.48. The third kappa shape index (κ3) is 6.84. The fourth-order valence-corrected chi connectivity index (χ4v) is 3.74. The summed E-state index contributed by atoms with van der Waals surface area (Å²) in [6.45, 7) is 9.88. The maximum atomic E-state index is 13.3. The molecule has 0 aliphatic carbocycles. The number of pyridine rings is 1. The molecule has 3 rings (SSSR count). The fourth-order valence-electron chi connectivity index (χ4n) is 3.74. The highest BCUT2D eigenvalue weighted by atomic mass is 16.7. The molecule has 0 saturated carbocycles. The minimum absolute atomic E-state index is 0.00646. The van der Waals surface area contributed by atoms with Crippen LogP contribution < -0.4 is 15.4 Å². The van der Waals surface area contributed by atoms with E-state index in [1.807, 2.05) is 58.0 Å². The second-order valence-electron chi connectivity index (χ2n) is 9.81. The molecule has 0 unspecified atom stereocenters. The molecule has 2 atom stereocenters. The summed E-state index contributed by atoms with van der Waals surface area (Å²) in [7, 11) is 0.777. The van der Waals surface area contributed by atoms with Crippen molar-refractivity contribution in [2.45, 2.75) is 64.2 Å². The first-order chi connectivity index (χ1) is 17.0. The van der Waals surface area contributed by atoms with Crippen molar-refractivity contribution in [1.29, 1.82) is 0 Å². The number of carbonyl (C=O) groups excluding carboxylic acids is 2. The molecule has 1 aromatic heterocycles. The van der Waals surface area contributed by atoms with Crippen LogP contribution in [0, 0.1) is 6.92 Å². The fraction of sp³-hybridized carbons (Fsp3) is 0.500. The van der Waals surface area contributed by atoms with Gasteiger partial charge in [-0.05, 0) is 58.9 Å². The number of rotatable bonds is 11. The summed E-state index contributed by atoms with van der Waals surface area (Å²) in [6, 6.07) is 11.8. The summed E-state index contributed by atoms with van der Waals surface area (Å²) >= 11 is 0. The van der Waals surface area contributed by atoms with Crippen LogP contribution in [0.25, 0.3) is 0 Å². The van der Waals surface area contributed by atoms with Gasteiger partial charge in [0, 0.05) is 25.4 Å². The Hall–Kier alpha value is -2.95. The molecule has 1 aliphatic heterocycles. The van der Waals surface area contributed by atoms with E-state index in [4.69, 9.17) is 18.8 Å². The number of carbonyl (C=O) groups is 2. The molecule has 2 amide bonds. The normalized spacial score (nSPS) is 17.8. The van der Waals surface area contributed by atoms with Crippen LogP contribution in [0.5, 0.6) is 5.75 Å². The molecule has 1 aromatic carbocycles. The minimum Gasteiger partial charge on any atom is -0.494 e. The Labute approximate surface area is 213 Å². The second-order valence-corrected chi connectivity index (χ2v) is 9.81. The van der Waals surface area contributed by atoms with Gasteiger partial charge in [0.1, 0.15) is 11.8 Å². The lowest BCUT2D eigenvalue weighted by atomic mass is 9.76. The van der Waals surface area contributed by atoms with Gasteiger partial charge in [-0.15, -0.1) is 0 Å². The number of ether oxygens (including phenoxy) is 2. The van der Waals surface area contributed by atoms with E-state index < -0.39 is 42.1 Å². The van der Waals surface area contributed by atoms with Crippen molar-refractivity contribution in [3.63, 3.8) is 0 Å². The lowest BCUT2D eigenvalue weighted by Crippen LogP contribution is -2.56. The van der Waals surface area contributed by atoms with E-state index in [0.717, 1.165) is 5.75 Å². The zero-order chi connectivity index (χ0) is 26.3. The first-order valence-corrected chi connectivity index (χ1v) is 12.1. The number of aromatic nitrogens is 1. The first kappa shape index (κ1) is 27.6. The lowest BCUT2D eigenvalue weighted by Gasteiger charge is -2.32. The van der Waals surface area contributed by atoms with E-state index in [0.29, 0.717) is 24.3 Å². The smallest absolute Gasteiger partial charge is 0.481 e. The van der Waals surface area contributed by atoms with Crippen LogP contribution in [0.4, 0.5) is 0 Å². The molecule has 2 aromatic rings. The highest BCUT2D eigenvalue weighted by Crippen LogP contribution is 2.37. The number of aryl methyl sites for hydroxylation is 1. The van der Waals surface area contributed by atoms with E-state index in [-0.39, 0.29) is 6.61 Å². The minimum atomic E-state index is -0.929. The summed E-state index contributed by atoms with van der Waals surface area (Å²) in [5.74, 6) is -0.616. The number of hydrogen-bond acceptors (Lipinski definition) is 7. The van der Waals surface area contributed by atoms with Crippen molar-refractivity contribution in [2.24, 2.45) is 0 Å². The summed E-state index contributed by atoms with van der Waals surface area (Å²) in [4.78, 5) is 30.3. The summed E-state index contributed by atoms with van der Waals surface area (Å²) in [5.41, 5.74) is -0.178. The largest absolute Gasteiger partial charge is 0.494 e. The molecule has 194 valence electrons. The predicted molar refractivity (Wildman–Crippen MR) is 137 cm³/mol. The monoisotopic (exact) mass is 497 g/mol. The number of hydrogen-bond donors (Lipinski definition) is 2. The number of methoxy groups -OCH3 is 1. The topological polar surface area (TPSA) is 108 Å². The van der Waals surface area contributed by atoms with Gasteiger partial charge in [-0.1, -0.05) is 18.2 Å². The third-order valence-electron chi connectivity index (χ3n) is 6.58. The second kappa shape index (κ2) is 11.9. The molecular formula is C26H36BN3O6. The number of amides is 2. The first-order valence-electron chi connectivity index (χ1n) is 12.1. The summed E-state index contributed by atoms with van der Waals surface area (Å²) < 4.78 is 23.5. The van der Waals surface area contributed by atoms with Crippen LogP contribution in [0.3, 0.4) is 0 Å². The molecule has 1 aliphatic rings.